The average Bonchev–Trinajstić information content (AvgIpc) is 3.01. The zero-order valence-corrected chi connectivity index (χ0v) is 17.0. The predicted octanol–water partition coefficient (Wildman–Crippen LogP) is 4.44. The molecule has 2 aromatic rings. The minimum Gasteiger partial charge on any atom is -0.481 e. The summed E-state index contributed by atoms with van der Waals surface area (Å²) in [5.74, 6) is 0.0174. The molecule has 1 amide bonds. The van der Waals surface area contributed by atoms with Gasteiger partial charge in [0.2, 0.25) is 0 Å². The van der Waals surface area contributed by atoms with E-state index in [1.165, 1.54) is 23.3 Å². The minimum atomic E-state index is -0.685. The SMILES string of the molecule is COC(=O)c1c(NC(=O)[C@H](C)Oc2cc(C)ccc2C)sc2c1CCCC2. The number of nitrogens with one attached hydrogen (secondary N) is 1. The van der Waals surface area contributed by atoms with Crippen LogP contribution < -0.4 is 10.1 Å². The standard InChI is InChI=1S/C21H25NO4S/c1-12-9-10-13(2)16(11-12)26-14(3)19(23)22-20-18(21(24)25-4)15-7-5-6-8-17(15)27-20/h9-11,14H,5-8H2,1-4H3,(H,22,23)/t14-/m0/s1. The first-order valence-electron chi connectivity index (χ1n) is 9.18. The van der Waals surface area contributed by atoms with Gasteiger partial charge in [0.15, 0.2) is 6.10 Å². The van der Waals surface area contributed by atoms with E-state index >= 15 is 0 Å². The summed E-state index contributed by atoms with van der Waals surface area (Å²) in [4.78, 5) is 26.2. The van der Waals surface area contributed by atoms with Crippen LogP contribution in [0.3, 0.4) is 0 Å². The lowest BCUT2D eigenvalue weighted by Crippen LogP contribution is -2.30. The number of ether oxygens (including phenoxy) is 2. The van der Waals surface area contributed by atoms with E-state index in [0.717, 1.165) is 42.4 Å². The van der Waals surface area contributed by atoms with Gasteiger partial charge < -0.3 is 14.8 Å². The van der Waals surface area contributed by atoms with Gasteiger partial charge >= 0.3 is 5.97 Å². The van der Waals surface area contributed by atoms with Crippen LogP contribution in [0.5, 0.6) is 5.75 Å². The second-order valence-corrected chi connectivity index (χ2v) is 8.03. The van der Waals surface area contributed by atoms with Crippen LogP contribution in [-0.2, 0) is 22.4 Å². The van der Waals surface area contributed by atoms with Crippen molar-refractivity contribution < 1.29 is 19.1 Å². The first-order valence-corrected chi connectivity index (χ1v) is 10.00. The molecule has 3 rings (SSSR count). The summed E-state index contributed by atoms with van der Waals surface area (Å²) in [7, 11) is 1.37. The molecular weight excluding hydrogens is 362 g/mol. The highest BCUT2D eigenvalue weighted by molar-refractivity contribution is 7.17. The highest BCUT2D eigenvalue weighted by Gasteiger charge is 2.28. The van der Waals surface area contributed by atoms with E-state index in [0.29, 0.717) is 16.3 Å². The van der Waals surface area contributed by atoms with E-state index < -0.39 is 12.1 Å². The Morgan fingerprint density at radius 2 is 1.93 bits per heavy atom. The molecule has 0 fully saturated rings. The maximum Gasteiger partial charge on any atom is 0.341 e. The van der Waals surface area contributed by atoms with Crippen LogP contribution in [0.15, 0.2) is 18.2 Å². The van der Waals surface area contributed by atoms with Crippen LogP contribution >= 0.6 is 11.3 Å². The molecule has 1 aliphatic carbocycles. The molecule has 0 aliphatic heterocycles. The average molecular weight is 388 g/mol. The van der Waals surface area contributed by atoms with E-state index in [2.05, 4.69) is 5.32 Å². The molecule has 0 bridgehead atoms. The summed E-state index contributed by atoms with van der Waals surface area (Å²) in [6, 6.07) is 5.90. The van der Waals surface area contributed by atoms with E-state index in [4.69, 9.17) is 9.47 Å². The first-order chi connectivity index (χ1) is 12.9. The number of methoxy groups -OCH3 is 1. The van der Waals surface area contributed by atoms with Gasteiger partial charge in [-0.15, -0.1) is 11.3 Å². The van der Waals surface area contributed by atoms with E-state index in [9.17, 15) is 9.59 Å². The topological polar surface area (TPSA) is 64.6 Å². The lowest BCUT2D eigenvalue weighted by atomic mass is 9.95. The number of esters is 1. The van der Waals surface area contributed by atoms with Crippen molar-refractivity contribution in [1.29, 1.82) is 0 Å². The third-order valence-corrected chi connectivity index (χ3v) is 6.02. The monoisotopic (exact) mass is 387 g/mol. The van der Waals surface area contributed by atoms with E-state index in [1.54, 1.807) is 6.92 Å². The van der Waals surface area contributed by atoms with Crippen molar-refractivity contribution in [3.63, 3.8) is 0 Å². The first kappa shape index (κ1) is 19.4. The molecule has 1 N–H and O–H groups in total. The number of hydrogen-bond acceptors (Lipinski definition) is 5. The fourth-order valence-corrected chi connectivity index (χ4v) is 4.54. The van der Waals surface area contributed by atoms with Crippen molar-refractivity contribution >= 4 is 28.2 Å². The van der Waals surface area contributed by atoms with Crippen molar-refractivity contribution in [1.82, 2.24) is 0 Å². The van der Waals surface area contributed by atoms with Crippen molar-refractivity contribution in [2.75, 3.05) is 12.4 Å². The van der Waals surface area contributed by atoms with Gasteiger partial charge in [-0.25, -0.2) is 4.79 Å². The molecule has 1 aromatic carbocycles. The van der Waals surface area contributed by atoms with Crippen LogP contribution in [0.4, 0.5) is 5.00 Å². The Balaban J connectivity index is 1.80. The van der Waals surface area contributed by atoms with Crippen LogP contribution in [0.2, 0.25) is 0 Å². The third kappa shape index (κ3) is 4.16. The molecule has 27 heavy (non-hydrogen) atoms. The lowest BCUT2D eigenvalue weighted by Gasteiger charge is -2.17. The zero-order chi connectivity index (χ0) is 19.6. The normalized spacial score (nSPS) is 14.2. The molecule has 144 valence electrons. The highest BCUT2D eigenvalue weighted by Crippen LogP contribution is 2.38. The van der Waals surface area contributed by atoms with Gasteiger partial charge in [-0.3, -0.25) is 4.79 Å². The quantitative estimate of drug-likeness (QED) is 0.771. The Kier molecular flexibility index (Phi) is 5.85. The van der Waals surface area contributed by atoms with Crippen molar-refractivity contribution in [3.8, 4) is 5.75 Å². The Labute approximate surface area is 163 Å². The van der Waals surface area contributed by atoms with Gasteiger partial charge in [0.1, 0.15) is 10.8 Å². The molecule has 5 nitrogen and oxygen atoms in total. The Morgan fingerprint density at radius 1 is 1.19 bits per heavy atom. The van der Waals surface area contributed by atoms with Gasteiger partial charge in [-0.05, 0) is 69.2 Å². The fourth-order valence-electron chi connectivity index (χ4n) is 3.26. The molecule has 1 atom stereocenters. The summed E-state index contributed by atoms with van der Waals surface area (Å²) in [6.07, 6.45) is 3.26. The number of carbonyl (C=O) groups excluding carboxylic acids is 2. The molecule has 0 saturated carbocycles. The Bertz CT molecular complexity index is 871. The Morgan fingerprint density at radius 3 is 2.67 bits per heavy atom. The van der Waals surface area contributed by atoms with Gasteiger partial charge in [-0.1, -0.05) is 12.1 Å². The molecular formula is C21H25NO4S. The number of hydrogen-bond donors (Lipinski definition) is 1. The molecule has 1 heterocycles. The van der Waals surface area contributed by atoms with Crippen LogP contribution in [0, 0.1) is 13.8 Å². The predicted molar refractivity (Wildman–Crippen MR) is 107 cm³/mol. The molecule has 1 aliphatic rings. The summed E-state index contributed by atoms with van der Waals surface area (Å²) in [5, 5.41) is 3.46. The second-order valence-electron chi connectivity index (χ2n) is 6.92. The fraction of sp³-hybridized carbons (Fsp3) is 0.429. The highest BCUT2D eigenvalue weighted by atomic mass is 32.1. The number of thiophene rings is 1. The van der Waals surface area contributed by atoms with Crippen LogP contribution in [0.1, 0.15) is 51.7 Å². The van der Waals surface area contributed by atoms with Gasteiger partial charge in [-0.2, -0.15) is 0 Å². The van der Waals surface area contributed by atoms with Crippen molar-refractivity contribution in [2.24, 2.45) is 0 Å². The van der Waals surface area contributed by atoms with Crippen molar-refractivity contribution in [2.45, 2.75) is 52.6 Å². The van der Waals surface area contributed by atoms with Gasteiger partial charge in [0.05, 0.1) is 12.7 Å². The van der Waals surface area contributed by atoms with Crippen molar-refractivity contribution in [3.05, 3.63) is 45.3 Å². The largest absolute Gasteiger partial charge is 0.481 e. The maximum atomic E-state index is 12.7. The Hall–Kier alpha value is -2.34. The number of anilines is 1. The number of fused-ring (bicyclic) bond motifs is 1. The summed E-state index contributed by atoms with van der Waals surface area (Å²) >= 11 is 1.47. The van der Waals surface area contributed by atoms with Gasteiger partial charge in [0, 0.05) is 4.88 Å². The maximum absolute atomic E-state index is 12.7. The van der Waals surface area contributed by atoms with E-state index in [1.807, 2.05) is 32.0 Å². The number of aryl methyl sites for hydroxylation is 3. The molecule has 0 saturated heterocycles. The second kappa shape index (κ2) is 8.13. The summed E-state index contributed by atoms with van der Waals surface area (Å²) in [5.41, 5.74) is 3.57. The zero-order valence-electron chi connectivity index (χ0n) is 16.2. The number of carbonyl (C=O) groups is 2. The molecule has 0 radical (unpaired) electrons. The third-order valence-electron chi connectivity index (χ3n) is 4.81. The summed E-state index contributed by atoms with van der Waals surface area (Å²) in [6.45, 7) is 5.64. The molecule has 1 aromatic heterocycles. The minimum absolute atomic E-state index is 0.278. The lowest BCUT2D eigenvalue weighted by molar-refractivity contribution is -0.122. The molecule has 0 unspecified atom stereocenters. The number of amides is 1. The smallest absolute Gasteiger partial charge is 0.341 e. The summed E-state index contributed by atoms with van der Waals surface area (Å²) < 4.78 is 10.8. The van der Waals surface area contributed by atoms with E-state index in [-0.39, 0.29) is 5.91 Å². The number of rotatable bonds is 5. The molecule has 6 heteroatoms. The van der Waals surface area contributed by atoms with Gasteiger partial charge in [0.25, 0.3) is 5.91 Å². The number of benzene rings is 1. The van der Waals surface area contributed by atoms with Crippen LogP contribution in [-0.4, -0.2) is 25.1 Å². The van der Waals surface area contributed by atoms with Crippen LogP contribution in [0.25, 0.3) is 0 Å². The molecule has 0 spiro atoms.